The molecule has 150 valence electrons. The number of hydrogen-bond acceptors (Lipinski definition) is 4. The van der Waals surface area contributed by atoms with Crippen molar-refractivity contribution in [3.8, 4) is 0 Å². The molecule has 2 N–H and O–H groups in total. The van der Waals surface area contributed by atoms with Crippen molar-refractivity contribution >= 4 is 22.6 Å². The van der Waals surface area contributed by atoms with E-state index in [4.69, 9.17) is 4.74 Å². The average molecular weight is 383 g/mol. The highest BCUT2D eigenvalue weighted by atomic mass is 16.6. The summed E-state index contributed by atoms with van der Waals surface area (Å²) in [5, 5.41) is 15.4. The van der Waals surface area contributed by atoms with E-state index in [0.29, 0.717) is 25.8 Å². The number of aliphatic hydroxyl groups excluding tert-OH is 1. The van der Waals surface area contributed by atoms with Gasteiger partial charge in [0, 0.05) is 12.5 Å². The molecule has 3 atom stereocenters. The second kappa shape index (κ2) is 8.31. The van der Waals surface area contributed by atoms with E-state index < -0.39 is 11.7 Å². The van der Waals surface area contributed by atoms with Gasteiger partial charge in [-0.15, -0.1) is 0 Å². The third-order valence-corrected chi connectivity index (χ3v) is 5.14. The van der Waals surface area contributed by atoms with Crippen molar-refractivity contribution in [2.75, 3.05) is 6.54 Å². The molecular formula is C23H29NO4. The summed E-state index contributed by atoms with van der Waals surface area (Å²) < 4.78 is 5.42. The molecule has 0 radical (unpaired) electrons. The van der Waals surface area contributed by atoms with E-state index in [0.717, 1.165) is 16.3 Å². The van der Waals surface area contributed by atoms with Gasteiger partial charge in [0.05, 0.1) is 18.4 Å². The van der Waals surface area contributed by atoms with Crippen LogP contribution in [0.2, 0.25) is 0 Å². The molecule has 28 heavy (non-hydrogen) atoms. The molecule has 0 bridgehead atoms. The largest absolute Gasteiger partial charge is 0.460 e. The zero-order valence-electron chi connectivity index (χ0n) is 16.8. The highest BCUT2D eigenvalue weighted by molar-refractivity contribution is 5.85. The van der Waals surface area contributed by atoms with Crippen LogP contribution in [0.1, 0.15) is 39.2 Å². The van der Waals surface area contributed by atoms with Crippen molar-refractivity contribution in [3.05, 3.63) is 48.0 Å². The third-order valence-electron chi connectivity index (χ3n) is 5.14. The van der Waals surface area contributed by atoms with Crippen molar-refractivity contribution in [2.45, 2.75) is 51.7 Å². The number of fused-ring (bicyclic) bond motifs is 1. The lowest BCUT2D eigenvalue weighted by molar-refractivity contribution is -0.160. The number of hydrogen-bond donors (Lipinski definition) is 2. The Balaban J connectivity index is 1.50. The monoisotopic (exact) mass is 383 g/mol. The van der Waals surface area contributed by atoms with Crippen molar-refractivity contribution < 1.29 is 19.4 Å². The van der Waals surface area contributed by atoms with Crippen molar-refractivity contribution in [1.82, 2.24) is 5.32 Å². The molecule has 0 saturated heterocycles. The molecule has 1 saturated carbocycles. The smallest absolute Gasteiger partial charge is 0.309 e. The molecule has 5 nitrogen and oxygen atoms in total. The molecule has 2 aromatic carbocycles. The van der Waals surface area contributed by atoms with Crippen LogP contribution < -0.4 is 5.32 Å². The van der Waals surface area contributed by atoms with Crippen LogP contribution in [0, 0.1) is 11.8 Å². The normalized spacial score (nSPS) is 22.2. The van der Waals surface area contributed by atoms with E-state index >= 15 is 0 Å². The second-order valence-corrected chi connectivity index (χ2v) is 8.69. The third kappa shape index (κ3) is 5.32. The molecule has 3 rings (SSSR count). The lowest BCUT2D eigenvalue weighted by Gasteiger charge is -2.22. The van der Waals surface area contributed by atoms with E-state index in [1.807, 2.05) is 63.2 Å². The molecule has 0 spiro atoms. The van der Waals surface area contributed by atoms with Gasteiger partial charge in [0.15, 0.2) is 0 Å². The van der Waals surface area contributed by atoms with Gasteiger partial charge in [0.1, 0.15) is 5.60 Å². The maximum atomic E-state index is 12.3. The summed E-state index contributed by atoms with van der Waals surface area (Å²) in [6, 6.07) is 14.1. The number of rotatable bonds is 5. The Hall–Kier alpha value is -2.40. The number of carbonyl (C=O) groups is 2. The van der Waals surface area contributed by atoms with Gasteiger partial charge >= 0.3 is 5.97 Å². The van der Waals surface area contributed by atoms with Crippen LogP contribution in [0.4, 0.5) is 0 Å². The lowest BCUT2D eigenvalue weighted by Crippen LogP contribution is -2.33. The van der Waals surface area contributed by atoms with E-state index in [1.165, 1.54) is 0 Å². The predicted octanol–water partition coefficient (Wildman–Crippen LogP) is 3.23. The Labute approximate surface area is 166 Å². The van der Waals surface area contributed by atoms with E-state index in [-0.39, 0.29) is 23.7 Å². The van der Waals surface area contributed by atoms with Crippen molar-refractivity contribution in [1.29, 1.82) is 0 Å². The number of benzene rings is 2. The van der Waals surface area contributed by atoms with Gasteiger partial charge in [0.25, 0.3) is 0 Å². The minimum Gasteiger partial charge on any atom is -0.460 e. The zero-order chi connectivity index (χ0) is 20.3. The quantitative estimate of drug-likeness (QED) is 0.778. The van der Waals surface area contributed by atoms with Gasteiger partial charge in [0.2, 0.25) is 5.91 Å². The van der Waals surface area contributed by atoms with Crippen LogP contribution >= 0.6 is 0 Å². The van der Waals surface area contributed by atoms with Gasteiger partial charge < -0.3 is 15.2 Å². The fraction of sp³-hybridized carbons (Fsp3) is 0.478. The van der Waals surface area contributed by atoms with Crippen molar-refractivity contribution in [2.24, 2.45) is 11.8 Å². The Morgan fingerprint density at radius 2 is 1.82 bits per heavy atom. The topological polar surface area (TPSA) is 75.6 Å². The lowest BCUT2D eigenvalue weighted by atomic mass is 10.0. The molecule has 0 aliphatic heterocycles. The minimum atomic E-state index is -0.599. The van der Waals surface area contributed by atoms with Gasteiger partial charge in [-0.25, -0.2) is 0 Å². The van der Waals surface area contributed by atoms with Gasteiger partial charge in [-0.3, -0.25) is 9.59 Å². The second-order valence-electron chi connectivity index (χ2n) is 8.69. The predicted molar refractivity (Wildman–Crippen MR) is 109 cm³/mol. The van der Waals surface area contributed by atoms with Gasteiger partial charge in [-0.1, -0.05) is 42.5 Å². The fourth-order valence-corrected chi connectivity index (χ4v) is 3.74. The molecule has 2 aromatic rings. The average Bonchev–Trinajstić information content (AvgIpc) is 2.99. The van der Waals surface area contributed by atoms with E-state index in [9.17, 15) is 14.7 Å². The first-order valence-electron chi connectivity index (χ1n) is 9.86. The van der Waals surface area contributed by atoms with Crippen molar-refractivity contribution in [3.63, 3.8) is 0 Å². The SMILES string of the molecule is CC(C)(C)OC(=O)[C@H]1C[C@H](CNC(=O)Cc2ccc3ccccc3c2)[C@@H](O)C1. The number of aliphatic hydroxyl groups is 1. The summed E-state index contributed by atoms with van der Waals surface area (Å²) >= 11 is 0. The number of amides is 1. The van der Waals surface area contributed by atoms with E-state index in [1.54, 1.807) is 0 Å². The Morgan fingerprint density at radius 3 is 2.54 bits per heavy atom. The van der Waals surface area contributed by atoms with Gasteiger partial charge in [-0.05, 0) is 49.9 Å². The molecule has 0 aromatic heterocycles. The first kappa shape index (κ1) is 20.3. The Kier molecular flexibility index (Phi) is 6.04. The van der Waals surface area contributed by atoms with Crippen LogP contribution in [0.15, 0.2) is 42.5 Å². The van der Waals surface area contributed by atoms with E-state index in [2.05, 4.69) is 5.32 Å². The first-order valence-corrected chi connectivity index (χ1v) is 9.86. The Bertz CT molecular complexity index is 855. The first-order chi connectivity index (χ1) is 13.2. The summed E-state index contributed by atoms with van der Waals surface area (Å²) in [5.74, 6) is -0.783. The van der Waals surface area contributed by atoms with Gasteiger partial charge in [-0.2, -0.15) is 0 Å². The molecule has 5 heteroatoms. The number of esters is 1. The summed E-state index contributed by atoms with van der Waals surface area (Å²) in [5.41, 5.74) is 0.420. The maximum absolute atomic E-state index is 12.3. The molecular weight excluding hydrogens is 354 g/mol. The standard InChI is InChI=1S/C23H29NO4/c1-23(2,3)28-22(27)18-12-19(20(25)13-18)14-24-21(26)11-15-8-9-16-6-4-5-7-17(16)10-15/h4-10,18-20,25H,11-14H2,1-3H3,(H,24,26)/t18-,19+,20-/m0/s1. The van der Waals surface area contributed by atoms with Crippen LogP contribution in [0.3, 0.4) is 0 Å². The number of ether oxygens (including phenoxy) is 1. The highest BCUT2D eigenvalue weighted by Crippen LogP contribution is 2.32. The van der Waals surface area contributed by atoms with Crippen LogP contribution in [0.25, 0.3) is 10.8 Å². The molecule has 1 aliphatic rings. The van der Waals surface area contributed by atoms with Crippen LogP contribution in [-0.4, -0.2) is 35.2 Å². The summed E-state index contributed by atoms with van der Waals surface area (Å²) in [6.07, 6.45) is 0.619. The zero-order valence-corrected chi connectivity index (χ0v) is 16.8. The minimum absolute atomic E-state index is 0.0804. The summed E-state index contributed by atoms with van der Waals surface area (Å²) in [6.45, 7) is 5.87. The summed E-state index contributed by atoms with van der Waals surface area (Å²) in [4.78, 5) is 24.5. The summed E-state index contributed by atoms with van der Waals surface area (Å²) in [7, 11) is 0. The fourth-order valence-electron chi connectivity index (χ4n) is 3.74. The molecule has 0 unspecified atom stereocenters. The molecule has 1 fully saturated rings. The molecule has 1 aliphatic carbocycles. The van der Waals surface area contributed by atoms with Crippen LogP contribution in [-0.2, 0) is 20.7 Å². The molecule has 1 amide bonds. The van der Waals surface area contributed by atoms with Crippen LogP contribution in [0.5, 0.6) is 0 Å². The highest BCUT2D eigenvalue weighted by Gasteiger charge is 2.38. The molecule has 0 heterocycles. The number of carbonyl (C=O) groups excluding carboxylic acids is 2. The number of nitrogens with one attached hydrogen (secondary N) is 1. The Morgan fingerprint density at radius 1 is 1.11 bits per heavy atom. The maximum Gasteiger partial charge on any atom is 0.309 e.